The molecule has 0 fully saturated rings. The standard InChI is InChI=1S/C10H8FN5/c11-8-3-4-9-12-10(14-16(9)7-8)13-15-5-1-2-6-15/h1-7H,(H,13,14). The van der Waals surface area contributed by atoms with E-state index >= 15 is 0 Å². The number of rotatable bonds is 2. The van der Waals surface area contributed by atoms with E-state index in [0.29, 0.717) is 11.6 Å². The normalized spacial score (nSPS) is 10.8. The number of fused-ring (bicyclic) bond motifs is 1. The van der Waals surface area contributed by atoms with Gasteiger partial charge in [0.15, 0.2) is 5.65 Å². The monoisotopic (exact) mass is 217 g/mol. The van der Waals surface area contributed by atoms with Crippen molar-refractivity contribution in [3.8, 4) is 0 Å². The van der Waals surface area contributed by atoms with E-state index in [0.717, 1.165) is 0 Å². The second kappa shape index (κ2) is 3.34. The summed E-state index contributed by atoms with van der Waals surface area (Å²) in [6.45, 7) is 0. The maximum atomic E-state index is 12.9. The number of nitrogens with zero attached hydrogens (tertiary/aromatic N) is 4. The minimum Gasteiger partial charge on any atom is -0.268 e. The molecule has 1 N–H and O–H groups in total. The summed E-state index contributed by atoms with van der Waals surface area (Å²) < 4.78 is 16.0. The number of anilines is 1. The first kappa shape index (κ1) is 8.90. The van der Waals surface area contributed by atoms with Crippen LogP contribution in [-0.4, -0.2) is 19.3 Å². The molecule has 0 bridgehead atoms. The van der Waals surface area contributed by atoms with Gasteiger partial charge in [-0.3, -0.25) is 10.1 Å². The van der Waals surface area contributed by atoms with Gasteiger partial charge >= 0.3 is 0 Å². The van der Waals surface area contributed by atoms with Crippen LogP contribution in [0.15, 0.2) is 42.9 Å². The van der Waals surface area contributed by atoms with E-state index in [1.165, 1.54) is 16.8 Å². The molecule has 5 nitrogen and oxygen atoms in total. The Kier molecular flexibility index (Phi) is 1.86. The third kappa shape index (κ3) is 1.50. The Morgan fingerprint density at radius 3 is 2.81 bits per heavy atom. The van der Waals surface area contributed by atoms with E-state index in [-0.39, 0.29) is 5.82 Å². The maximum absolute atomic E-state index is 12.9. The van der Waals surface area contributed by atoms with Crippen LogP contribution >= 0.6 is 0 Å². The lowest BCUT2D eigenvalue weighted by molar-refractivity contribution is 0.614. The molecule has 0 aromatic carbocycles. The van der Waals surface area contributed by atoms with Gasteiger partial charge in [-0.1, -0.05) is 0 Å². The highest BCUT2D eigenvalue weighted by Gasteiger charge is 2.03. The lowest BCUT2D eigenvalue weighted by atomic mass is 10.5. The number of halogens is 1. The largest absolute Gasteiger partial charge is 0.268 e. The molecular weight excluding hydrogens is 209 g/mol. The van der Waals surface area contributed by atoms with Crippen LogP contribution in [0.2, 0.25) is 0 Å². The van der Waals surface area contributed by atoms with Gasteiger partial charge in [0.05, 0.1) is 6.20 Å². The maximum Gasteiger partial charge on any atom is 0.262 e. The van der Waals surface area contributed by atoms with Crippen molar-refractivity contribution in [2.75, 3.05) is 5.43 Å². The average Bonchev–Trinajstić information content (AvgIpc) is 2.86. The average molecular weight is 217 g/mol. The Morgan fingerprint density at radius 1 is 1.19 bits per heavy atom. The van der Waals surface area contributed by atoms with Crippen molar-refractivity contribution < 1.29 is 4.39 Å². The van der Waals surface area contributed by atoms with Gasteiger partial charge in [-0.15, -0.1) is 5.10 Å². The number of aromatic nitrogens is 4. The number of hydrogen-bond donors (Lipinski definition) is 1. The molecule has 80 valence electrons. The van der Waals surface area contributed by atoms with Crippen LogP contribution in [0, 0.1) is 5.82 Å². The topological polar surface area (TPSA) is 47.2 Å². The quantitative estimate of drug-likeness (QED) is 0.708. The summed E-state index contributed by atoms with van der Waals surface area (Å²) in [6.07, 6.45) is 4.93. The van der Waals surface area contributed by atoms with E-state index in [4.69, 9.17) is 0 Å². The first-order valence-corrected chi connectivity index (χ1v) is 4.73. The third-order valence-corrected chi connectivity index (χ3v) is 2.13. The van der Waals surface area contributed by atoms with E-state index in [2.05, 4.69) is 15.5 Å². The molecule has 0 radical (unpaired) electrons. The molecule has 3 heterocycles. The van der Waals surface area contributed by atoms with Gasteiger partial charge in [0.1, 0.15) is 5.82 Å². The lowest BCUT2D eigenvalue weighted by Crippen LogP contribution is -2.07. The third-order valence-electron chi connectivity index (χ3n) is 2.13. The van der Waals surface area contributed by atoms with Crippen LogP contribution in [-0.2, 0) is 0 Å². The Labute approximate surface area is 90.1 Å². The lowest BCUT2D eigenvalue weighted by Gasteiger charge is -2.00. The highest BCUT2D eigenvalue weighted by molar-refractivity contribution is 5.42. The van der Waals surface area contributed by atoms with E-state index < -0.39 is 0 Å². The zero-order chi connectivity index (χ0) is 11.0. The van der Waals surface area contributed by atoms with Crippen molar-refractivity contribution in [2.24, 2.45) is 0 Å². The van der Waals surface area contributed by atoms with Crippen LogP contribution in [0.4, 0.5) is 10.3 Å². The van der Waals surface area contributed by atoms with Crippen molar-refractivity contribution in [1.82, 2.24) is 19.3 Å². The molecule has 0 amide bonds. The van der Waals surface area contributed by atoms with Gasteiger partial charge in [0.2, 0.25) is 0 Å². The fourth-order valence-electron chi connectivity index (χ4n) is 1.43. The predicted octanol–water partition coefficient (Wildman–Crippen LogP) is 1.55. The van der Waals surface area contributed by atoms with E-state index in [1.54, 1.807) is 10.7 Å². The zero-order valence-electron chi connectivity index (χ0n) is 8.21. The van der Waals surface area contributed by atoms with Crippen molar-refractivity contribution in [3.05, 3.63) is 48.7 Å². The van der Waals surface area contributed by atoms with Crippen LogP contribution in [0.25, 0.3) is 5.65 Å². The molecule has 0 unspecified atom stereocenters. The molecule has 3 aromatic heterocycles. The van der Waals surface area contributed by atoms with Crippen molar-refractivity contribution in [3.63, 3.8) is 0 Å². The van der Waals surface area contributed by atoms with Gasteiger partial charge in [-0.2, -0.15) is 4.98 Å². The second-order valence-corrected chi connectivity index (χ2v) is 3.29. The van der Waals surface area contributed by atoms with Crippen LogP contribution < -0.4 is 5.43 Å². The van der Waals surface area contributed by atoms with Gasteiger partial charge < -0.3 is 0 Å². The summed E-state index contributed by atoms with van der Waals surface area (Å²) in [4.78, 5) is 4.18. The van der Waals surface area contributed by atoms with E-state index in [9.17, 15) is 4.39 Å². The fraction of sp³-hybridized carbons (Fsp3) is 0. The minimum absolute atomic E-state index is 0.343. The molecule has 0 aliphatic carbocycles. The molecule has 3 aromatic rings. The zero-order valence-corrected chi connectivity index (χ0v) is 8.21. The predicted molar refractivity (Wildman–Crippen MR) is 56.4 cm³/mol. The molecule has 6 heteroatoms. The van der Waals surface area contributed by atoms with Crippen LogP contribution in [0.1, 0.15) is 0 Å². The number of nitrogens with one attached hydrogen (secondary N) is 1. The van der Waals surface area contributed by atoms with Gasteiger partial charge in [-0.25, -0.2) is 8.91 Å². The molecular formula is C10H8FN5. The molecule has 3 rings (SSSR count). The summed E-state index contributed by atoms with van der Waals surface area (Å²) in [7, 11) is 0. The summed E-state index contributed by atoms with van der Waals surface area (Å²) in [5.74, 6) is 0.0757. The molecule has 0 saturated carbocycles. The smallest absolute Gasteiger partial charge is 0.262 e. The van der Waals surface area contributed by atoms with Gasteiger partial charge in [0.25, 0.3) is 5.95 Å². The first-order valence-electron chi connectivity index (χ1n) is 4.73. The Hall–Kier alpha value is -2.37. The van der Waals surface area contributed by atoms with Crippen molar-refractivity contribution in [2.45, 2.75) is 0 Å². The molecule has 0 spiro atoms. The minimum atomic E-state index is -0.343. The SMILES string of the molecule is Fc1ccc2nc(Nn3cccc3)nn2c1. The number of hydrogen-bond acceptors (Lipinski definition) is 3. The number of pyridine rings is 1. The Morgan fingerprint density at radius 2 is 2.00 bits per heavy atom. The van der Waals surface area contributed by atoms with Crippen LogP contribution in [0.5, 0.6) is 0 Å². The first-order chi connectivity index (χ1) is 7.81. The molecule has 16 heavy (non-hydrogen) atoms. The van der Waals surface area contributed by atoms with Gasteiger partial charge in [0, 0.05) is 12.4 Å². The molecule has 0 saturated heterocycles. The Balaban J connectivity index is 1.99. The highest BCUT2D eigenvalue weighted by atomic mass is 19.1. The molecule has 0 aliphatic rings. The summed E-state index contributed by atoms with van der Waals surface area (Å²) in [5, 5.41) is 4.08. The summed E-state index contributed by atoms with van der Waals surface area (Å²) >= 11 is 0. The Bertz CT molecular complexity index is 613. The highest BCUT2D eigenvalue weighted by Crippen LogP contribution is 2.06. The summed E-state index contributed by atoms with van der Waals surface area (Å²) in [6, 6.07) is 6.68. The van der Waals surface area contributed by atoms with Crippen molar-refractivity contribution in [1.29, 1.82) is 0 Å². The van der Waals surface area contributed by atoms with Gasteiger partial charge in [-0.05, 0) is 24.3 Å². The second-order valence-electron chi connectivity index (χ2n) is 3.29. The van der Waals surface area contributed by atoms with Crippen LogP contribution in [0.3, 0.4) is 0 Å². The molecule has 0 aliphatic heterocycles. The fourth-order valence-corrected chi connectivity index (χ4v) is 1.43. The summed E-state index contributed by atoms with van der Waals surface area (Å²) in [5.41, 5.74) is 3.54. The van der Waals surface area contributed by atoms with Crippen molar-refractivity contribution >= 4 is 11.6 Å². The van der Waals surface area contributed by atoms with E-state index in [1.807, 2.05) is 24.5 Å². The molecule has 0 atom stereocenters.